The van der Waals surface area contributed by atoms with Crippen LogP contribution in [-0.4, -0.2) is 48.0 Å². The average molecular weight is 214 g/mol. The fraction of sp³-hybridized carbons (Fsp3) is 0.900. The largest absolute Gasteiger partial charge is 0.341 e. The molecule has 0 aromatic heterocycles. The number of nitrogens with one attached hydrogen (secondary N) is 1. The topological polar surface area (TPSA) is 32.3 Å². The number of hydrogen-bond donors (Lipinski definition) is 1. The molecule has 0 aliphatic carbocycles. The van der Waals surface area contributed by atoms with Crippen molar-refractivity contribution in [3.8, 4) is 0 Å². The van der Waals surface area contributed by atoms with Crippen molar-refractivity contribution in [2.24, 2.45) is 5.92 Å². The van der Waals surface area contributed by atoms with E-state index in [-0.39, 0.29) is 6.04 Å². The molecule has 0 aromatic rings. The molecular weight excluding hydrogens is 196 g/mol. The zero-order valence-corrected chi connectivity index (χ0v) is 9.48. The highest BCUT2D eigenvalue weighted by molar-refractivity contribution is 7.99. The molecule has 2 fully saturated rings. The molecule has 2 aliphatic rings. The van der Waals surface area contributed by atoms with Gasteiger partial charge >= 0.3 is 0 Å². The van der Waals surface area contributed by atoms with Crippen LogP contribution in [0.15, 0.2) is 0 Å². The van der Waals surface area contributed by atoms with Crippen LogP contribution in [0, 0.1) is 5.92 Å². The van der Waals surface area contributed by atoms with E-state index >= 15 is 0 Å². The van der Waals surface area contributed by atoms with Gasteiger partial charge in [-0.25, -0.2) is 0 Å². The van der Waals surface area contributed by atoms with Gasteiger partial charge in [0.05, 0.1) is 6.04 Å². The van der Waals surface area contributed by atoms with Crippen LogP contribution in [0.4, 0.5) is 0 Å². The first kappa shape index (κ1) is 10.3. The summed E-state index contributed by atoms with van der Waals surface area (Å²) in [5.74, 6) is 3.10. The van der Waals surface area contributed by atoms with Crippen LogP contribution in [0.2, 0.25) is 0 Å². The van der Waals surface area contributed by atoms with Gasteiger partial charge < -0.3 is 10.2 Å². The quantitative estimate of drug-likeness (QED) is 0.692. The molecule has 2 aliphatic heterocycles. The molecule has 14 heavy (non-hydrogen) atoms. The van der Waals surface area contributed by atoms with E-state index in [1.165, 1.54) is 6.42 Å². The Bertz CT molecular complexity index is 209. The average Bonchev–Trinajstić information content (AvgIpc) is 2.65. The number of carbonyl (C=O) groups is 1. The first-order valence-electron chi connectivity index (χ1n) is 5.37. The van der Waals surface area contributed by atoms with E-state index < -0.39 is 0 Å². The molecule has 0 radical (unpaired) electrons. The molecule has 0 spiro atoms. The monoisotopic (exact) mass is 214 g/mol. The molecule has 0 saturated carbocycles. The van der Waals surface area contributed by atoms with Gasteiger partial charge in [-0.15, -0.1) is 0 Å². The number of nitrogens with zero attached hydrogens (tertiary/aromatic N) is 1. The third-order valence-electron chi connectivity index (χ3n) is 2.96. The summed E-state index contributed by atoms with van der Waals surface area (Å²) in [6.45, 7) is 5.12. The van der Waals surface area contributed by atoms with E-state index in [1.807, 2.05) is 16.7 Å². The van der Waals surface area contributed by atoms with E-state index in [0.717, 1.165) is 31.1 Å². The summed E-state index contributed by atoms with van der Waals surface area (Å²) in [6.07, 6.45) is 1.17. The fourth-order valence-electron chi connectivity index (χ4n) is 2.08. The number of hydrogen-bond acceptors (Lipinski definition) is 3. The number of amides is 1. The molecule has 0 bridgehead atoms. The molecule has 0 aromatic carbocycles. The van der Waals surface area contributed by atoms with Gasteiger partial charge in [-0.2, -0.15) is 11.8 Å². The van der Waals surface area contributed by atoms with Crippen LogP contribution < -0.4 is 5.32 Å². The van der Waals surface area contributed by atoms with Crippen LogP contribution in [-0.2, 0) is 4.79 Å². The van der Waals surface area contributed by atoms with Crippen LogP contribution in [0.1, 0.15) is 13.3 Å². The van der Waals surface area contributed by atoms with Crippen molar-refractivity contribution in [3.05, 3.63) is 0 Å². The molecule has 2 atom stereocenters. The molecular formula is C10H18N2OS. The van der Waals surface area contributed by atoms with Crippen molar-refractivity contribution in [1.29, 1.82) is 0 Å². The predicted octanol–water partition coefficient (Wildman–Crippen LogP) is 0.560. The number of carbonyl (C=O) groups excluding carboxylic acids is 1. The molecule has 2 saturated heterocycles. The summed E-state index contributed by atoms with van der Waals surface area (Å²) >= 11 is 1.88. The van der Waals surface area contributed by atoms with Crippen molar-refractivity contribution in [1.82, 2.24) is 10.2 Å². The van der Waals surface area contributed by atoms with Crippen LogP contribution in [0.3, 0.4) is 0 Å². The van der Waals surface area contributed by atoms with Crippen molar-refractivity contribution in [3.63, 3.8) is 0 Å². The lowest BCUT2D eigenvalue weighted by molar-refractivity contribution is -0.131. The Morgan fingerprint density at radius 3 is 3.00 bits per heavy atom. The molecule has 2 unspecified atom stereocenters. The third-order valence-corrected chi connectivity index (χ3v) is 4.02. The van der Waals surface area contributed by atoms with Gasteiger partial charge in [0, 0.05) is 31.1 Å². The highest BCUT2D eigenvalue weighted by Crippen LogP contribution is 2.18. The maximum absolute atomic E-state index is 12.0. The lowest BCUT2D eigenvalue weighted by Gasteiger charge is -2.26. The summed E-state index contributed by atoms with van der Waals surface area (Å²) in [4.78, 5) is 14.0. The Kier molecular flexibility index (Phi) is 3.34. The molecule has 4 heteroatoms. The summed E-state index contributed by atoms with van der Waals surface area (Å²) < 4.78 is 0. The SMILES string of the molecule is CC1CCN(C(=O)C2CSCCN2)C1. The smallest absolute Gasteiger partial charge is 0.240 e. The highest BCUT2D eigenvalue weighted by atomic mass is 32.2. The molecule has 3 nitrogen and oxygen atoms in total. The van der Waals surface area contributed by atoms with Gasteiger partial charge in [0.15, 0.2) is 0 Å². The minimum atomic E-state index is 0.0825. The van der Waals surface area contributed by atoms with Crippen LogP contribution in [0.25, 0.3) is 0 Å². The van der Waals surface area contributed by atoms with E-state index in [9.17, 15) is 4.79 Å². The van der Waals surface area contributed by atoms with Crippen molar-refractivity contribution in [2.45, 2.75) is 19.4 Å². The minimum absolute atomic E-state index is 0.0825. The maximum Gasteiger partial charge on any atom is 0.240 e. The van der Waals surface area contributed by atoms with Crippen LogP contribution >= 0.6 is 11.8 Å². The second kappa shape index (κ2) is 4.53. The van der Waals surface area contributed by atoms with Crippen molar-refractivity contribution < 1.29 is 4.79 Å². The predicted molar refractivity (Wildman–Crippen MR) is 59.5 cm³/mol. The van der Waals surface area contributed by atoms with Gasteiger partial charge in [0.2, 0.25) is 5.91 Å². The van der Waals surface area contributed by atoms with Gasteiger partial charge in [-0.05, 0) is 12.3 Å². The summed E-state index contributed by atoms with van der Waals surface area (Å²) in [5, 5.41) is 3.30. The van der Waals surface area contributed by atoms with Gasteiger partial charge in [-0.3, -0.25) is 4.79 Å². The molecule has 1 N–H and O–H groups in total. The number of rotatable bonds is 1. The maximum atomic E-state index is 12.0. The first-order valence-corrected chi connectivity index (χ1v) is 6.53. The highest BCUT2D eigenvalue weighted by Gasteiger charge is 2.29. The summed E-state index contributed by atoms with van der Waals surface area (Å²) in [7, 11) is 0. The second-order valence-corrected chi connectivity index (χ2v) is 5.41. The second-order valence-electron chi connectivity index (χ2n) is 4.26. The lowest BCUT2D eigenvalue weighted by atomic mass is 10.2. The fourth-order valence-corrected chi connectivity index (χ4v) is 3.00. The minimum Gasteiger partial charge on any atom is -0.341 e. The Labute approximate surface area is 89.6 Å². The van der Waals surface area contributed by atoms with E-state index in [4.69, 9.17) is 0 Å². The van der Waals surface area contributed by atoms with Crippen molar-refractivity contribution >= 4 is 17.7 Å². The summed E-state index contributed by atoms with van der Waals surface area (Å²) in [6, 6.07) is 0.0825. The number of likely N-dealkylation sites (tertiary alicyclic amines) is 1. The molecule has 2 rings (SSSR count). The molecule has 1 amide bonds. The molecule has 80 valence electrons. The van der Waals surface area contributed by atoms with Gasteiger partial charge in [0.1, 0.15) is 0 Å². The summed E-state index contributed by atoms with van der Waals surface area (Å²) in [5.41, 5.74) is 0. The standard InChI is InChI=1S/C10H18N2OS/c1-8-2-4-12(6-8)10(13)9-7-14-5-3-11-9/h8-9,11H,2-7H2,1H3. The number of thioether (sulfide) groups is 1. The van der Waals surface area contributed by atoms with Gasteiger partial charge in [-0.1, -0.05) is 6.92 Å². The lowest BCUT2D eigenvalue weighted by Crippen LogP contribution is -2.49. The van der Waals surface area contributed by atoms with E-state index in [2.05, 4.69) is 12.2 Å². The Morgan fingerprint density at radius 1 is 1.57 bits per heavy atom. The van der Waals surface area contributed by atoms with E-state index in [1.54, 1.807) is 0 Å². The first-order chi connectivity index (χ1) is 6.77. The third kappa shape index (κ3) is 2.23. The van der Waals surface area contributed by atoms with Crippen LogP contribution in [0.5, 0.6) is 0 Å². The van der Waals surface area contributed by atoms with Gasteiger partial charge in [0.25, 0.3) is 0 Å². The van der Waals surface area contributed by atoms with E-state index in [0.29, 0.717) is 11.8 Å². The normalized spacial score (nSPS) is 33.4. The Balaban J connectivity index is 1.87. The van der Waals surface area contributed by atoms with Crippen molar-refractivity contribution in [2.75, 3.05) is 31.1 Å². The zero-order valence-electron chi connectivity index (χ0n) is 8.66. The molecule has 2 heterocycles. The Morgan fingerprint density at radius 2 is 2.43 bits per heavy atom. The Hall–Kier alpha value is -0.220. The zero-order chi connectivity index (χ0) is 9.97.